The zero-order valence-corrected chi connectivity index (χ0v) is 16.6. The number of benzene rings is 2. The van der Waals surface area contributed by atoms with Gasteiger partial charge in [-0.05, 0) is 36.4 Å². The summed E-state index contributed by atoms with van der Waals surface area (Å²) in [5.74, 6) is 1.98. The van der Waals surface area contributed by atoms with Gasteiger partial charge in [-0.25, -0.2) is 4.98 Å². The molecule has 4 rings (SSSR count). The first-order valence-corrected chi connectivity index (χ1v) is 9.64. The predicted octanol–water partition coefficient (Wildman–Crippen LogP) is 3.45. The topological polar surface area (TPSA) is 78.3 Å². The third-order valence-corrected chi connectivity index (χ3v) is 4.72. The lowest BCUT2D eigenvalue weighted by atomic mass is 10.2. The van der Waals surface area contributed by atoms with E-state index in [-0.39, 0.29) is 5.91 Å². The normalized spacial score (nSPS) is 10.7. The molecule has 7 heteroatoms. The highest BCUT2D eigenvalue weighted by Crippen LogP contribution is 2.26. The van der Waals surface area contributed by atoms with E-state index in [9.17, 15) is 4.79 Å². The molecule has 0 atom stereocenters. The van der Waals surface area contributed by atoms with Crippen LogP contribution in [0.25, 0.3) is 11.0 Å². The van der Waals surface area contributed by atoms with Gasteiger partial charge in [-0.1, -0.05) is 24.3 Å². The summed E-state index contributed by atoms with van der Waals surface area (Å²) in [7, 11) is 1.62. The minimum absolute atomic E-state index is 0.165. The molecular weight excluding hydrogens is 380 g/mol. The summed E-state index contributed by atoms with van der Waals surface area (Å²) >= 11 is 0. The van der Waals surface area contributed by atoms with Crippen molar-refractivity contribution >= 4 is 16.9 Å². The first-order valence-electron chi connectivity index (χ1n) is 9.64. The molecule has 30 heavy (non-hydrogen) atoms. The fraction of sp³-hybridized carbons (Fsp3) is 0.174. The van der Waals surface area contributed by atoms with E-state index in [1.165, 1.54) is 0 Å². The van der Waals surface area contributed by atoms with Crippen molar-refractivity contribution in [2.45, 2.75) is 13.1 Å². The number of para-hydroxylation sites is 4. The van der Waals surface area contributed by atoms with E-state index < -0.39 is 0 Å². The van der Waals surface area contributed by atoms with E-state index in [0.717, 1.165) is 16.9 Å². The number of nitrogens with one attached hydrogen (secondary N) is 1. The standard InChI is InChI=1S/C23H22N4O3/c1-29-20-8-4-5-9-21(20)30-15-14-27-19-7-3-2-6-18(19)26-22(27)16-25-23(28)17-10-12-24-13-11-17/h2-13H,14-16H2,1H3,(H,25,28). The van der Waals surface area contributed by atoms with Crippen LogP contribution in [-0.4, -0.2) is 34.2 Å². The average Bonchev–Trinajstić information content (AvgIpc) is 3.16. The second-order valence-electron chi connectivity index (χ2n) is 6.59. The van der Waals surface area contributed by atoms with E-state index in [4.69, 9.17) is 14.5 Å². The number of amides is 1. The number of hydrogen-bond acceptors (Lipinski definition) is 5. The Labute approximate surface area is 174 Å². The Morgan fingerprint density at radius 1 is 1.00 bits per heavy atom. The number of aromatic nitrogens is 3. The van der Waals surface area contributed by atoms with Crippen molar-refractivity contribution in [2.75, 3.05) is 13.7 Å². The number of rotatable bonds is 8. The van der Waals surface area contributed by atoms with Crippen LogP contribution >= 0.6 is 0 Å². The minimum atomic E-state index is -0.165. The van der Waals surface area contributed by atoms with E-state index in [0.29, 0.717) is 36.8 Å². The smallest absolute Gasteiger partial charge is 0.251 e. The number of imidazole rings is 1. The van der Waals surface area contributed by atoms with Gasteiger partial charge in [0, 0.05) is 18.0 Å². The first kappa shape index (κ1) is 19.4. The van der Waals surface area contributed by atoms with Crippen LogP contribution in [0.1, 0.15) is 16.2 Å². The van der Waals surface area contributed by atoms with Gasteiger partial charge in [0.25, 0.3) is 5.91 Å². The fourth-order valence-electron chi connectivity index (χ4n) is 3.26. The summed E-state index contributed by atoms with van der Waals surface area (Å²) < 4.78 is 13.3. The summed E-state index contributed by atoms with van der Waals surface area (Å²) in [5, 5.41) is 2.93. The molecule has 0 radical (unpaired) electrons. The number of methoxy groups -OCH3 is 1. The number of ether oxygens (including phenoxy) is 2. The molecule has 0 aliphatic rings. The maximum Gasteiger partial charge on any atom is 0.251 e. The molecule has 0 unspecified atom stereocenters. The molecule has 0 bridgehead atoms. The van der Waals surface area contributed by atoms with Gasteiger partial charge in [0.1, 0.15) is 12.4 Å². The van der Waals surface area contributed by atoms with Gasteiger partial charge in [0.05, 0.1) is 31.2 Å². The number of fused-ring (bicyclic) bond motifs is 1. The van der Waals surface area contributed by atoms with Crippen molar-refractivity contribution in [3.05, 3.63) is 84.4 Å². The Hall–Kier alpha value is -3.87. The number of nitrogens with zero attached hydrogens (tertiary/aromatic N) is 3. The summed E-state index contributed by atoms with van der Waals surface area (Å²) in [5.41, 5.74) is 2.43. The molecule has 7 nitrogen and oxygen atoms in total. The van der Waals surface area contributed by atoms with Crippen molar-refractivity contribution in [3.8, 4) is 11.5 Å². The van der Waals surface area contributed by atoms with Gasteiger partial charge in [0.15, 0.2) is 11.5 Å². The first-order chi connectivity index (χ1) is 14.8. The van der Waals surface area contributed by atoms with Crippen molar-refractivity contribution in [1.29, 1.82) is 0 Å². The molecule has 0 aliphatic heterocycles. The van der Waals surface area contributed by atoms with Crippen molar-refractivity contribution in [1.82, 2.24) is 19.9 Å². The van der Waals surface area contributed by atoms with Crippen LogP contribution in [0.15, 0.2) is 73.1 Å². The Bertz CT molecular complexity index is 1140. The number of hydrogen-bond donors (Lipinski definition) is 1. The molecule has 2 aromatic carbocycles. The average molecular weight is 402 g/mol. The summed E-state index contributed by atoms with van der Waals surface area (Å²) in [4.78, 5) is 21.0. The van der Waals surface area contributed by atoms with Gasteiger partial charge >= 0.3 is 0 Å². The molecule has 2 aromatic heterocycles. The molecule has 0 fully saturated rings. The largest absolute Gasteiger partial charge is 0.493 e. The summed E-state index contributed by atoms with van der Waals surface area (Å²) in [6.07, 6.45) is 3.19. The lowest BCUT2D eigenvalue weighted by Gasteiger charge is -2.13. The van der Waals surface area contributed by atoms with Crippen molar-refractivity contribution < 1.29 is 14.3 Å². The van der Waals surface area contributed by atoms with E-state index in [1.54, 1.807) is 31.6 Å². The Kier molecular flexibility index (Phi) is 5.89. The molecule has 0 spiro atoms. The number of pyridine rings is 1. The Balaban J connectivity index is 1.49. The third kappa shape index (κ3) is 4.25. The van der Waals surface area contributed by atoms with E-state index >= 15 is 0 Å². The van der Waals surface area contributed by atoms with Crippen LogP contribution in [0.2, 0.25) is 0 Å². The lowest BCUT2D eigenvalue weighted by Crippen LogP contribution is -2.25. The van der Waals surface area contributed by atoms with Crippen LogP contribution < -0.4 is 14.8 Å². The van der Waals surface area contributed by atoms with Crippen LogP contribution in [-0.2, 0) is 13.1 Å². The van der Waals surface area contributed by atoms with Crippen LogP contribution in [0, 0.1) is 0 Å². The van der Waals surface area contributed by atoms with E-state index in [2.05, 4.69) is 14.9 Å². The van der Waals surface area contributed by atoms with Gasteiger partial charge in [-0.3, -0.25) is 9.78 Å². The highest BCUT2D eigenvalue weighted by molar-refractivity contribution is 5.93. The predicted molar refractivity (Wildman–Crippen MR) is 114 cm³/mol. The molecular formula is C23H22N4O3. The summed E-state index contributed by atoms with van der Waals surface area (Å²) in [6, 6.07) is 18.8. The van der Waals surface area contributed by atoms with E-state index in [1.807, 2.05) is 48.5 Å². The molecule has 2 heterocycles. The number of carbonyl (C=O) groups excluding carboxylic acids is 1. The maximum atomic E-state index is 12.4. The zero-order valence-electron chi connectivity index (χ0n) is 16.6. The SMILES string of the molecule is COc1ccccc1OCCn1c(CNC(=O)c2ccncc2)nc2ccccc21. The monoisotopic (exact) mass is 402 g/mol. The lowest BCUT2D eigenvalue weighted by molar-refractivity contribution is 0.0949. The molecule has 0 saturated heterocycles. The second kappa shape index (κ2) is 9.09. The van der Waals surface area contributed by atoms with Gasteiger partial charge in [-0.2, -0.15) is 0 Å². The Morgan fingerprint density at radius 3 is 2.53 bits per heavy atom. The molecule has 0 saturated carbocycles. The highest BCUT2D eigenvalue weighted by atomic mass is 16.5. The Morgan fingerprint density at radius 2 is 1.73 bits per heavy atom. The van der Waals surface area contributed by atoms with Crippen LogP contribution in [0.5, 0.6) is 11.5 Å². The van der Waals surface area contributed by atoms with Gasteiger partial charge < -0.3 is 19.4 Å². The van der Waals surface area contributed by atoms with Crippen molar-refractivity contribution in [2.24, 2.45) is 0 Å². The molecule has 1 amide bonds. The zero-order chi connectivity index (χ0) is 20.8. The molecule has 152 valence electrons. The van der Waals surface area contributed by atoms with Crippen LogP contribution in [0.3, 0.4) is 0 Å². The molecule has 1 N–H and O–H groups in total. The van der Waals surface area contributed by atoms with Gasteiger partial charge in [0.2, 0.25) is 0 Å². The highest BCUT2D eigenvalue weighted by Gasteiger charge is 2.13. The van der Waals surface area contributed by atoms with Gasteiger partial charge in [-0.15, -0.1) is 0 Å². The molecule has 0 aliphatic carbocycles. The van der Waals surface area contributed by atoms with Crippen molar-refractivity contribution in [3.63, 3.8) is 0 Å². The second-order valence-corrected chi connectivity index (χ2v) is 6.59. The third-order valence-electron chi connectivity index (χ3n) is 4.72. The minimum Gasteiger partial charge on any atom is -0.493 e. The fourth-order valence-corrected chi connectivity index (χ4v) is 3.26. The molecule has 4 aromatic rings. The van der Waals surface area contributed by atoms with Crippen LogP contribution in [0.4, 0.5) is 0 Å². The number of carbonyl (C=O) groups is 1. The quantitative estimate of drug-likeness (QED) is 0.488. The maximum absolute atomic E-state index is 12.4. The summed E-state index contributed by atoms with van der Waals surface area (Å²) in [6.45, 7) is 1.33.